The molecule has 0 amide bonds. The van der Waals surface area contributed by atoms with Crippen LogP contribution in [0.25, 0.3) is 0 Å². The lowest BCUT2D eigenvalue weighted by atomic mass is 10.1. The number of anilines is 1. The van der Waals surface area contributed by atoms with E-state index in [0.717, 1.165) is 17.2 Å². The molecule has 2 rings (SSSR count). The Morgan fingerprint density at radius 1 is 1.38 bits per heavy atom. The van der Waals surface area contributed by atoms with E-state index in [-0.39, 0.29) is 5.82 Å². The number of aryl methyl sites for hydroxylation is 1. The molecule has 88 valence electrons. The summed E-state index contributed by atoms with van der Waals surface area (Å²) in [5.41, 5.74) is 2.02. The zero-order valence-corrected chi connectivity index (χ0v) is 11.3. The van der Waals surface area contributed by atoms with E-state index in [4.69, 9.17) is 0 Å². The number of halogens is 2. The fourth-order valence-electron chi connectivity index (χ4n) is 2.36. The highest BCUT2D eigenvalue weighted by molar-refractivity contribution is 9.10. The van der Waals surface area contributed by atoms with Crippen molar-refractivity contribution in [1.82, 2.24) is 0 Å². The van der Waals surface area contributed by atoms with Gasteiger partial charge in [0.25, 0.3) is 0 Å². The molecule has 1 N–H and O–H groups in total. The summed E-state index contributed by atoms with van der Waals surface area (Å²) in [5, 5.41) is 3.45. The zero-order chi connectivity index (χ0) is 11.7. The number of benzene rings is 1. The van der Waals surface area contributed by atoms with Crippen LogP contribution in [0.2, 0.25) is 0 Å². The molecule has 0 aromatic heterocycles. The third kappa shape index (κ3) is 2.57. The third-order valence-corrected chi connectivity index (χ3v) is 3.93. The predicted octanol–water partition coefficient (Wildman–Crippen LogP) is 4.50. The summed E-state index contributed by atoms with van der Waals surface area (Å²) in [4.78, 5) is 0. The first-order chi connectivity index (χ1) is 7.56. The highest BCUT2D eigenvalue weighted by Crippen LogP contribution is 2.30. The van der Waals surface area contributed by atoms with E-state index in [0.29, 0.717) is 10.5 Å². The summed E-state index contributed by atoms with van der Waals surface area (Å²) >= 11 is 3.20. The van der Waals surface area contributed by atoms with Gasteiger partial charge in [-0.3, -0.25) is 0 Å². The van der Waals surface area contributed by atoms with Gasteiger partial charge in [-0.2, -0.15) is 0 Å². The van der Waals surface area contributed by atoms with E-state index in [9.17, 15) is 4.39 Å². The molecule has 16 heavy (non-hydrogen) atoms. The second-order valence-corrected chi connectivity index (χ2v) is 5.70. The Balaban J connectivity index is 2.12. The molecule has 0 spiro atoms. The van der Waals surface area contributed by atoms with Gasteiger partial charge in [0.1, 0.15) is 5.82 Å². The van der Waals surface area contributed by atoms with Crippen molar-refractivity contribution in [3.8, 4) is 0 Å². The highest BCUT2D eigenvalue weighted by Gasteiger charge is 2.21. The Morgan fingerprint density at radius 2 is 2.12 bits per heavy atom. The molecule has 1 nitrogen and oxygen atoms in total. The molecular formula is C13H17BrFN. The second-order valence-electron chi connectivity index (χ2n) is 4.84. The van der Waals surface area contributed by atoms with E-state index in [1.807, 2.05) is 13.0 Å². The highest BCUT2D eigenvalue weighted by atomic mass is 79.9. The number of hydrogen-bond acceptors (Lipinski definition) is 1. The van der Waals surface area contributed by atoms with Crippen LogP contribution in [0.15, 0.2) is 16.6 Å². The van der Waals surface area contributed by atoms with Crippen LogP contribution >= 0.6 is 15.9 Å². The molecule has 1 aromatic rings. The van der Waals surface area contributed by atoms with Gasteiger partial charge in [-0.25, -0.2) is 4.39 Å². The van der Waals surface area contributed by atoms with Crippen LogP contribution in [0.5, 0.6) is 0 Å². The summed E-state index contributed by atoms with van der Waals surface area (Å²) in [6.45, 7) is 4.28. The fourth-order valence-corrected chi connectivity index (χ4v) is 2.82. The van der Waals surface area contributed by atoms with Crippen LogP contribution in [0.3, 0.4) is 0 Å². The van der Waals surface area contributed by atoms with Crippen LogP contribution in [0.1, 0.15) is 31.7 Å². The van der Waals surface area contributed by atoms with Crippen LogP contribution in [-0.2, 0) is 0 Å². The molecule has 2 unspecified atom stereocenters. The van der Waals surface area contributed by atoms with Gasteiger partial charge in [0.05, 0.1) is 4.47 Å². The van der Waals surface area contributed by atoms with Crippen LogP contribution in [-0.4, -0.2) is 6.04 Å². The summed E-state index contributed by atoms with van der Waals surface area (Å²) < 4.78 is 14.0. The minimum absolute atomic E-state index is 0.195. The minimum atomic E-state index is -0.195. The number of nitrogens with one attached hydrogen (secondary N) is 1. The first-order valence-corrected chi connectivity index (χ1v) is 6.57. The first kappa shape index (κ1) is 11.9. The van der Waals surface area contributed by atoms with Gasteiger partial charge in [-0.15, -0.1) is 0 Å². The van der Waals surface area contributed by atoms with Crippen molar-refractivity contribution in [1.29, 1.82) is 0 Å². The van der Waals surface area contributed by atoms with E-state index in [2.05, 4.69) is 28.2 Å². The topological polar surface area (TPSA) is 12.0 Å². The normalized spacial score (nSPS) is 24.8. The summed E-state index contributed by atoms with van der Waals surface area (Å²) in [7, 11) is 0. The van der Waals surface area contributed by atoms with E-state index in [1.165, 1.54) is 19.3 Å². The second kappa shape index (κ2) is 4.74. The molecule has 0 heterocycles. The molecule has 1 aliphatic rings. The maximum Gasteiger partial charge on any atom is 0.139 e. The van der Waals surface area contributed by atoms with Crippen molar-refractivity contribution in [3.63, 3.8) is 0 Å². The molecule has 2 atom stereocenters. The van der Waals surface area contributed by atoms with E-state index in [1.54, 1.807) is 6.07 Å². The van der Waals surface area contributed by atoms with Crippen LogP contribution < -0.4 is 5.32 Å². The number of hydrogen-bond donors (Lipinski definition) is 1. The largest absolute Gasteiger partial charge is 0.382 e. The maximum absolute atomic E-state index is 13.4. The van der Waals surface area contributed by atoms with Gasteiger partial charge in [-0.1, -0.05) is 6.92 Å². The molecule has 3 heteroatoms. The van der Waals surface area contributed by atoms with Crippen molar-refractivity contribution in [2.24, 2.45) is 5.92 Å². The van der Waals surface area contributed by atoms with Crippen LogP contribution in [0, 0.1) is 18.7 Å². The monoisotopic (exact) mass is 285 g/mol. The fraction of sp³-hybridized carbons (Fsp3) is 0.538. The Bertz CT molecular complexity index is 392. The van der Waals surface area contributed by atoms with Crippen molar-refractivity contribution in [2.45, 2.75) is 39.2 Å². The van der Waals surface area contributed by atoms with Gasteiger partial charge in [0, 0.05) is 11.7 Å². The molecule has 0 aliphatic heterocycles. The summed E-state index contributed by atoms with van der Waals surface area (Å²) in [5.74, 6) is 0.595. The Morgan fingerprint density at radius 3 is 2.75 bits per heavy atom. The van der Waals surface area contributed by atoms with Gasteiger partial charge in [0.15, 0.2) is 0 Å². The predicted molar refractivity (Wildman–Crippen MR) is 69.3 cm³/mol. The van der Waals surface area contributed by atoms with Crippen LogP contribution in [0.4, 0.5) is 10.1 Å². The molecular weight excluding hydrogens is 269 g/mol. The molecule has 0 radical (unpaired) electrons. The van der Waals surface area contributed by atoms with E-state index < -0.39 is 0 Å². The standard InChI is InChI=1S/C13H17BrFN/c1-8-3-4-10(5-8)16-13-7-12(15)11(14)6-9(13)2/h6-8,10,16H,3-5H2,1-2H3. The van der Waals surface area contributed by atoms with Gasteiger partial charge in [-0.05, 0) is 65.7 Å². The lowest BCUT2D eigenvalue weighted by Gasteiger charge is -2.16. The van der Waals surface area contributed by atoms with Gasteiger partial charge >= 0.3 is 0 Å². The lowest BCUT2D eigenvalue weighted by Crippen LogP contribution is -2.16. The third-order valence-electron chi connectivity index (χ3n) is 3.32. The van der Waals surface area contributed by atoms with Crippen molar-refractivity contribution in [3.05, 3.63) is 28.0 Å². The van der Waals surface area contributed by atoms with E-state index >= 15 is 0 Å². The Kier molecular flexibility index (Phi) is 3.53. The first-order valence-electron chi connectivity index (χ1n) is 5.78. The Hall–Kier alpha value is -0.570. The molecule has 0 saturated heterocycles. The average molecular weight is 286 g/mol. The lowest BCUT2D eigenvalue weighted by molar-refractivity contribution is 0.601. The summed E-state index contributed by atoms with van der Waals surface area (Å²) in [6.07, 6.45) is 3.66. The van der Waals surface area contributed by atoms with Crippen molar-refractivity contribution >= 4 is 21.6 Å². The molecule has 0 bridgehead atoms. The molecule has 1 saturated carbocycles. The smallest absolute Gasteiger partial charge is 0.139 e. The summed E-state index contributed by atoms with van der Waals surface area (Å²) in [6, 6.07) is 3.92. The van der Waals surface area contributed by atoms with Gasteiger partial charge in [0.2, 0.25) is 0 Å². The quantitative estimate of drug-likeness (QED) is 0.844. The Labute approximate surface area is 105 Å². The zero-order valence-electron chi connectivity index (χ0n) is 9.69. The van der Waals surface area contributed by atoms with Crippen molar-refractivity contribution in [2.75, 3.05) is 5.32 Å². The number of rotatable bonds is 2. The molecule has 1 aromatic carbocycles. The SMILES string of the molecule is Cc1cc(Br)c(F)cc1NC1CCC(C)C1. The minimum Gasteiger partial charge on any atom is -0.382 e. The van der Waals surface area contributed by atoms with Crippen molar-refractivity contribution < 1.29 is 4.39 Å². The average Bonchev–Trinajstić information content (AvgIpc) is 2.60. The molecule has 1 fully saturated rings. The van der Waals surface area contributed by atoms with Gasteiger partial charge < -0.3 is 5.32 Å². The maximum atomic E-state index is 13.4. The molecule has 1 aliphatic carbocycles.